The molecular weight excluding hydrogens is 208 g/mol. The minimum atomic E-state index is -0.253. The van der Waals surface area contributed by atoms with E-state index in [-0.39, 0.29) is 11.5 Å². The topological polar surface area (TPSA) is 20.2 Å². The van der Waals surface area contributed by atoms with E-state index in [0.717, 1.165) is 25.7 Å². The summed E-state index contributed by atoms with van der Waals surface area (Å²) in [5.74, 6) is 0. The van der Waals surface area contributed by atoms with Crippen molar-refractivity contribution in [3.05, 3.63) is 24.3 Å². The van der Waals surface area contributed by atoms with Gasteiger partial charge in [0.15, 0.2) is 0 Å². The molecule has 0 fully saturated rings. The summed E-state index contributed by atoms with van der Waals surface area (Å²) in [7, 11) is 0. The molecule has 0 saturated carbocycles. The van der Waals surface area contributed by atoms with E-state index in [1.54, 1.807) is 0 Å². The predicted molar refractivity (Wildman–Crippen MR) is 77.1 cm³/mol. The minimum Gasteiger partial charge on any atom is -0.392 e. The van der Waals surface area contributed by atoms with E-state index >= 15 is 0 Å². The third-order valence-corrected chi connectivity index (χ3v) is 3.54. The molecule has 0 aromatic heterocycles. The summed E-state index contributed by atoms with van der Waals surface area (Å²) in [4.78, 5) is 0. The molecule has 0 radical (unpaired) electrons. The number of allylic oxidation sites excluding steroid dienone is 2. The van der Waals surface area contributed by atoms with Crippen molar-refractivity contribution < 1.29 is 5.11 Å². The van der Waals surface area contributed by atoms with Crippen LogP contribution < -0.4 is 0 Å². The van der Waals surface area contributed by atoms with E-state index in [1.165, 1.54) is 18.4 Å². The first-order valence-corrected chi connectivity index (χ1v) is 6.91. The molecular formula is C16H30O. The largest absolute Gasteiger partial charge is 0.392 e. The van der Waals surface area contributed by atoms with Crippen LogP contribution in [-0.2, 0) is 0 Å². The maximum Gasteiger partial charge on any atom is 0.0628 e. The van der Waals surface area contributed by atoms with Crippen LogP contribution in [0.3, 0.4) is 0 Å². The van der Waals surface area contributed by atoms with Gasteiger partial charge in [-0.05, 0) is 33.1 Å². The van der Waals surface area contributed by atoms with Crippen LogP contribution >= 0.6 is 0 Å². The predicted octanol–water partition coefficient (Wildman–Crippen LogP) is 4.87. The number of aliphatic hydroxyl groups excluding tert-OH is 1. The van der Waals surface area contributed by atoms with Crippen molar-refractivity contribution >= 4 is 0 Å². The van der Waals surface area contributed by atoms with Crippen LogP contribution in [0.1, 0.15) is 66.2 Å². The van der Waals surface area contributed by atoms with Gasteiger partial charge in [-0.25, -0.2) is 0 Å². The highest BCUT2D eigenvalue weighted by Gasteiger charge is 2.28. The highest BCUT2D eigenvalue weighted by atomic mass is 16.3. The first-order chi connectivity index (χ1) is 7.96. The number of hydrogen-bond donors (Lipinski definition) is 1. The molecule has 0 saturated heterocycles. The molecule has 0 unspecified atom stereocenters. The average Bonchev–Trinajstić information content (AvgIpc) is 2.28. The molecule has 0 aromatic carbocycles. The van der Waals surface area contributed by atoms with Crippen LogP contribution in [0.5, 0.6) is 0 Å². The molecule has 0 heterocycles. The lowest BCUT2D eigenvalue weighted by atomic mass is 9.78. The quantitative estimate of drug-likeness (QED) is 0.449. The smallest absolute Gasteiger partial charge is 0.0628 e. The molecule has 1 N–H and O–H groups in total. The maximum atomic E-state index is 10.3. The second kappa shape index (κ2) is 8.52. The van der Waals surface area contributed by atoms with Gasteiger partial charge in [0.05, 0.1) is 6.10 Å². The highest BCUT2D eigenvalue weighted by Crippen LogP contribution is 2.32. The summed E-state index contributed by atoms with van der Waals surface area (Å²) >= 11 is 0. The Balaban J connectivity index is 4.23. The van der Waals surface area contributed by atoms with E-state index < -0.39 is 0 Å². The minimum absolute atomic E-state index is 0.139. The second-order valence-electron chi connectivity index (χ2n) is 5.54. The fourth-order valence-corrected chi connectivity index (χ4v) is 1.99. The Morgan fingerprint density at radius 2 is 2.00 bits per heavy atom. The summed E-state index contributed by atoms with van der Waals surface area (Å²) in [6.07, 6.45) is 10.3. The summed E-state index contributed by atoms with van der Waals surface area (Å²) in [5.41, 5.74) is 1.21. The molecule has 0 aromatic rings. The summed E-state index contributed by atoms with van der Waals surface area (Å²) in [5, 5.41) is 10.3. The van der Waals surface area contributed by atoms with Crippen LogP contribution in [0.25, 0.3) is 0 Å². The van der Waals surface area contributed by atoms with Crippen molar-refractivity contribution in [2.45, 2.75) is 72.3 Å². The Kier molecular flexibility index (Phi) is 8.24. The zero-order valence-electron chi connectivity index (χ0n) is 12.1. The zero-order valence-corrected chi connectivity index (χ0v) is 12.1. The van der Waals surface area contributed by atoms with E-state index in [2.05, 4.69) is 40.3 Å². The van der Waals surface area contributed by atoms with Crippen molar-refractivity contribution in [1.29, 1.82) is 0 Å². The highest BCUT2D eigenvalue weighted by molar-refractivity contribution is 5.00. The number of hydrogen-bond acceptors (Lipinski definition) is 1. The number of unbranched alkanes of at least 4 members (excludes halogenated alkanes) is 2. The van der Waals surface area contributed by atoms with Crippen molar-refractivity contribution in [1.82, 2.24) is 0 Å². The Morgan fingerprint density at radius 3 is 2.47 bits per heavy atom. The lowest BCUT2D eigenvalue weighted by Gasteiger charge is -2.31. The zero-order chi connectivity index (χ0) is 13.3. The maximum absolute atomic E-state index is 10.3. The van der Waals surface area contributed by atoms with Crippen LogP contribution in [-0.4, -0.2) is 11.2 Å². The third-order valence-electron chi connectivity index (χ3n) is 3.54. The van der Waals surface area contributed by atoms with Gasteiger partial charge in [-0.2, -0.15) is 0 Å². The Bertz CT molecular complexity index is 238. The normalized spacial score (nSPS) is 16.1. The Hall–Kier alpha value is -0.560. The fraction of sp³-hybridized carbons (Fsp3) is 0.750. The molecule has 2 atom stereocenters. The van der Waals surface area contributed by atoms with Gasteiger partial charge in [-0.3, -0.25) is 0 Å². The molecule has 0 rings (SSSR count). The van der Waals surface area contributed by atoms with Crippen LogP contribution in [0, 0.1) is 5.41 Å². The van der Waals surface area contributed by atoms with Crippen molar-refractivity contribution in [2.24, 2.45) is 5.41 Å². The van der Waals surface area contributed by atoms with Crippen molar-refractivity contribution in [3.63, 3.8) is 0 Å². The lowest BCUT2D eigenvalue weighted by Crippen LogP contribution is -2.30. The van der Waals surface area contributed by atoms with Gasteiger partial charge in [-0.1, -0.05) is 50.8 Å². The van der Waals surface area contributed by atoms with Gasteiger partial charge >= 0.3 is 0 Å². The SMILES string of the molecule is C=C[C@@](C)(CCC=C(C)C)[C@H](O)CCCCC. The molecule has 0 aliphatic heterocycles. The Morgan fingerprint density at radius 1 is 1.35 bits per heavy atom. The fourth-order valence-electron chi connectivity index (χ4n) is 1.99. The van der Waals surface area contributed by atoms with E-state index in [4.69, 9.17) is 0 Å². The van der Waals surface area contributed by atoms with Crippen molar-refractivity contribution in [3.8, 4) is 0 Å². The monoisotopic (exact) mass is 238 g/mol. The third kappa shape index (κ3) is 6.68. The Labute approximate surface area is 108 Å². The van der Waals surface area contributed by atoms with Crippen LogP contribution in [0.15, 0.2) is 24.3 Å². The summed E-state index contributed by atoms with van der Waals surface area (Å²) in [6.45, 7) is 12.4. The molecule has 100 valence electrons. The van der Waals surface area contributed by atoms with Crippen molar-refractivity contribution in [2.75, 3.05) is 0 Å². The van der Waals surface area contributed by atoms with Gasteiger partial charge in [0.25, 0.3) is 0 Å². The van der Waals surface area contributed by atoms with E-state index in [9.17, 15) is 5.11 Å². The molecule has 1 heteroatoms. The molecule has 1 nitrogen and oxygen atoms in total. The first-order valence-electron chi connectivity index (χ1n) is 6.91. The number of aliphatic hydroxyl groups is 1. The summed E-state index contributed by atoms with van der Waals surface area (Å²) in [6, 6.07) is 0. The van der Waals surface area contributed by atoms with Crippen LogP contribution in [0.4, 0.5) is 0 Å². The molecule has 0 aliphatic rings. The standard InChI is InChI=1S/C16H30O/c1-6-8-9-12-15(17)16(5,7-2)13-10-11-14(3)4/h7,11,15,17H,2,6,8-10,12-13H2,1,3-5H3/t15-,16+/m1/s1. The van der Waals surface area contributed by atoms with Gasteiger partial charge < -0.3 is 5.11 Å². The van der Waals surface area contributed by atoms with E-state index in [1.807, 2.05) is 6.08 Å². The molecule has 17 heavy (non-hydrogen) atoms. The lowest BCUT2D eigenvalue weighted by molar-refractivity contribution is 0.0554. The molecule has 0 bridgehead atoms. The first kappa shape index (κ1) is 16.4. The van der Waals surface area contributed by atoms with Gasteiger partial charge in [0, 0.05) is 5.41 Å². The molecule has 0 amide bonds. The molecule has 0 aliphatic carbocycles. The summed E-state index contributed by atoms with van der Waals surface area (Å²) < 4.78 is 0. The van der Waals surface area contributed by atoms with Gasteiger partial charge in [0.1, 0.15) is 0 Å². The van der Waals surface area contributed by atoms with Gasteiger partial charge in [-0.15, -0.1) is 6.58 Å². The van der Waals surface area contributed by atoms with Gasteiger partial charge in [0.2, 0.25) is 0 Å². The average molecular weight is 238 g/mol. The van der Waals surface area contributed by atoms with Crippen LogP contribution in [0.2, 0.25) is 0 Å². The molecule has 0 spiro atoms. The van der Waals surface area contributed by atoms with E-state index in [0.29, 0.717) is 0 Å². The second-order valence-corrected chi connectivity index (χ2v) is 5.54. The number of rotatable bonds is 9.